The molecule has 0 aliphatic heterocycles. The molecule has 2 nitrogen and oxygen atoms in total. The van der Waals surface area contributed by atoms with Gasteiger partial charge in [0.05, 0.1) is 5.56 Å². The SMILES string of the molecule is O=C(O)c1cccc(C2CCCC(F)C2)c1. The molecule has 1 N–H and O–H groups in total. The van der Waals surface area contributed by atoms with Crippen LogP contribution in [-0.4, -0.2) is 17.2 Å². The fourth-order valence-electron chi connectivity index (χ4n) is 2.36. The Morgan fingerprint density at radius 2 is 2.19 bits per heavy atom. The predicted molar refractivity (Wildman–Crippen MR) is 59.5 cm³/mol. The van der Waals surface area contributed by atoms with E-state index in [0.717, 1.165) is 18.4 Å². The molecule has 0 amide bonds. The van der Waals surface area contributed by atoms with Gasteiger partial charge in [-0.05, 0) is 49.3 Å². The summed E-state index contributed by atoms with van der Waals surface area (Å²) in [6, 6.07) is 6.88. The summed E-state index contributed by atoms with van der Waals surface area (Å²) >= 11 is 0. The number of rotatable bonds is 2. The van der Waals surface area contributed by atoms with Crippen molar-refractivity contribution in [3.63, 3.8) is 0 Å². The minimum absolute atomic E-state index is 0.183. The fraction of sp³-hybridized carbons (Fsp3) is 0.462. The second-order valence-electron chi connectivity index (χ2n) is 4.39. The number of carboxylic acid groups (broad SMARTS) is 1. The molecule has 0 heterocycles. The fourth-order valence-corrected chi connectivity index (χ4v) is 2.36. The number of carbonyl (C=O) groups is 1. The van der Waals surface area contributed by atoms with Crippen molar-refractivity contribution in [2.75, 3.05) is 0 Å². The Morgan fingerprint density at radius 3 is 2.88 bits per heavy atom. The van der Waals surface area contributed by atoms with Gasteiger partial charge < -0.3 is 5.11 Å². The zero-order valence-electron chi connectivity index (χ0n) is 9.03. The molecule has 3 heteroatoms. The number of hydrogen-bond donors (Lipinski definition) is 1. The maximum atomic E-state index is 13.3. The van der Waals surface area contributed by atoms with E-state index in [0.29, 0.717) is 18.4 Å². The molecule has 0 spiro atoms. The van der Waals surface area contributed by atoms with E-state index in [1.54, 1.807) is 18.2 Å². The van der Waals surface area contributed by atoms with E-state index >= 15 is 0 Å². The molecule has 86 valence electrons. The first-order valence-electron chi connectivity index (χ1n) is 5.64. The Labute approximate surface area is 94.1 Å². The molecule has 0 saturated heterocycles. The zero-order chi connectivity index (χ0) is 11.5. The van der Waals surface area contributed by atoms with E-state index in [2.05, 4.69) is 0 Å². The molecule has 0 radical (unpaired) electrons. The van der Waals surface area contributed by atoms with Gasteiger partial charge in [0.15, 0.2) is 0 Å². The van der Waals surface area contributed by atoms with Crippen LogP contribution in [0.1, 0.15) is 47.5 Å². The smallest absolute Gasteiger partial charge is 0.335 e. The maximum absolute atomic E-state index is 13.3. The van der Waals surface area contributed by atoms with Gasteiger partial charge in [-0.15, -0.1) is 0 Å². The summed E-state index contributed by atoms with van der Waals surface area (Å²) in [6.07, 6.45) is 2.30. The van der Waals surface area contributed by atoms with Crippen LogP contribution in [0.25, 0.3) is 0 Å². The molecule has 0 aromatic heterocycles. The number of benzene rings is 1. The van der Waals surface area contributed by atoms with Crippen molar-refractivity contribution in [3.05, 3.63) is 35.4 Å². The summed E-state index contributed by atoms with van der Waals surface area (Å²) in [7, 11) is 0. The summed E-state index contributed by atoms with van der Waals surface area (Å²) < 4.78 is 13.3. The second kappa shape index (κ2) is 4.64. The average molecular weight is 222 g/mol. The lowest BCUT2D eigenvalue weighted by Gasteiger charge is -2.25. The lowest BCUT2D eigenvalue weighted by atomic mass is 9.83. The van der Waals surface area contributed by atoms with Crippen molar-refractivity contribution >= 4 is 5.97 Å². The van der Waals surface area contributed by atoms with Gasteiger partial charge in [-0.25, -0.2) is 9.18 Å². The van der Waals surface area contributed by atoms with Crippen LogP contribution in [0.15, 0.2) is 24.3 Å². The number of carboxylic acids is 1. The highest BCUT2D eigenvalue weighted by atomic mass is 19.1. The third-order valence-electron chi connectivity index (χ3n) is 3.22. The van der Waals surface area contributed by atoms with E-state index in [1.165, 1.54) is 0 Å². The number of halogens is 1. The Hall–Kier alpha value is -1.38. The molecule has 16 heavy (non-hydrogen) atoms. The summed E-state index contributed by atoms with van der Waals surface area (Å²) in [4.78, 5) is 10.8. The summed E-state index contributed by atoms with van der Waals surface area (Å²) in [5.41, 5.74) is 1.25. The van der Waals surface area contributed by atoms with E-state index in [-0.39, 0.29) is 5.92 Å². The largest absolute Gasteiger partial charge is 0.478 e. The van der Waals surface area contributed by atoms with E-state index in [1.807, 2.05) is 6.07 Å². The Balaban J connectivity index is 2.19. The molecule has 1 aliphatic rings. The minimum Gasteiger partial charge on any atom is -0.478 e. The van der Waals surface area contributed by atoms with Crippen LogP contribution in [0.4, 0.5) is 4.39 Å². The van der Waals surface area contributed by atoms with Gasteiger partial charge in [0.25, 0.3) is 0 Å². The van der Waals surface area contributed by atoms with Gasteiger partial charge in [-0.1, -0.05) is 12.1 Å². The summed E-state index contributed by atoms with van der Waals surface area (Å²) in [6.45, 7) is 0. The number of aromatic carboxylic acids is 1. The van der Waals surface area contributed by atoms with Crippen molar-refractivity contribution in [2.24, 2.45) is 0 Å². The molecule has 1 fully saturated rings. The molecule has 2 atom stereocenters. The molecule has 2 rings (SSSR count). The third-order valence-corrected chi connectivity index (χ3v) is 3.22. The minimum atomic E-state index is -0.922. The van der Waals surface area contributed by atoms with Gasteiger partial charge in [-0.3, -0.25) is 0 Å². The predicted octanol–water partition coefficient (Wildman–Crippen LogP) is 3.38. The molecular formula is C13H15FO2. The molecular weight excluding hydrogens is 207 g/mol. The van der Waals surface area contributed by atoms with Crippen LogP contribution in [0.3, 0.4) is 0 Å². The highest BCUT2D eigenvalue weighted by Gasteiger charge is 2.23. The van der Waals surface area contributed by atoms with Crippen molar-refractivity contribution in [3.8, 4) is 0 Å². The van der Waals surface area contributed by atoms with Crippen LogP contribution in [-0.2, 0) is 0 Å². The number of hydrogen-bond acceptors (Lipinski definition) is 1. The molecule has 1 aromatic rings. The van der Waals surface area contributed by atoms with Crippen molar-refractivity contribution < 1.29 is 14.3 Å². The van der Waals surface area contributed by atoms with Gasteiger partial charge >= 0.3 is 5.97 Å². The van der Waals surface area contributed by atoms with Crippen molar-refractivity contribution in [2.45, 2.75) is 37.8 Å². The van der Waals surface area contributed by atoms with Crippen LogP contribution < -0.4 is 0 Å². The van der Waals surface area contributed by atoms with E-state index < -0.39 is 12.1 Å². The summed E-state index contributed by atoms with van der Waals surface area (Å²) in [5.74, 6) is -0.738. The van der Waals surface area contributed by atoms with Gasteiger partial charge in [0.2, 0.25) is 0 Å². The maximum Gasteiger partial charge on any atom is 0.335 e. The molecule has 0 bridgehead atoms. The second-order valence-corrected chi connectivity index (χ2v) is 4.39. The van der Waals surface area contributed by atoms with Gasteiger partial charge in [0, 0.05) is 0 Å². The first-order valence-corrected chi connectivity index (χ1v) is 5.64. The normalized spacial score (nSPS) is 25.3. The lowest BCUT2D eigenvalue weighted by molar-refractivity contribution is 0.0696. The van der Waals surface area contributed by atoms with Gasteiger partial charge in [-0.2, -0.15) is 0 Å². The zero-order valence-corrected chi connectivity index (χ0v) is 9.03. The highest BCUT2D eigenvalue weighted by Crippen LogP contribution is 2.34. The van der Waals surface area contributed by atoms with Crippen LogP contribution in [0, 0.1) is 0 Å². The monoisotopic (exact) mass is 222 g/mol. The van der Waals surface area contributed by atoms with Crippen LogP contribution >= 0.6 is 0 Å². The highest BCUT2D eigenvalue weighted by molar-refractivity contribution is 5.87. The standard InChI is InChI=1S/C13H15FO2/c14-12-6-2-4-10(8-12)9-3-1-5-11(7-9)13(15)16/h1,3,5,7,10,12H,2,4,6,8H2,(H,15,16). The average Bonchev–Trinajstić information content (AvgIpc) is 2.29. The van der Waals surface area contributed by atoms with Crippen LogP contribution in [0.5, 0.6) is 0 Å². The molecule has 2 unspecified atom stereocenters. The van der Waals surface area contributed by atoms with Crippen molar-refractivity contribution in [1.29, 1.82) is 0 Å². The topological polar surface area (TPSA) is 37.3 Å². The quantitative estimate of drug-likeness (QED) is 0.832. The Bertz CT molecular complexity index is 389. The van der Waals surface area contributed by atoms with E-state index in [4.69, 9.17) is 5.11 Å². The third kappa shape index (κ3) is 2.40. The molecule has 1 aliphatic carbocycles. The lowest BCUT2D eigenvalue weighted by Crippen LogP contribution is -2.15. The Morgan fingerprint density at radius 1 is 1.38 bits per heavy atom. The first kappa shape index (κ1) is 11.1. The van der Waals surface area contributed by atoms with Crippen molar-refractivity contribution in [1.82, 2.24) is 0 Å². The molecule has 1 saturated carbocycles. The van der Waals surface area contributed by atoms with E-state index in [9.17, 15) is 9.18 Å². The Kier molecular flexibility index (Phi) is 3.22. The summed E-state index contributed by atoms with van der Waals surface area (Å²) in [5, 5.41) is 8.89. The molecule has 1 aromatic carbocycles. The van der Waals surface area contributed by atoms with Gasteiger partial charge in [0.1, 0.15) is 6.17 Å². The first-order chi connectivity index (χ1) is 7.66. The number of alkyl halides is 1. The van der Waals surface area contributed by atoms with Crippen LogP contribution in [0.2, 0.25) is 0 Å².